The Labute approximate surface area is 178 Å². The number of piperidine rings is 1. The van der Waals surface area contributed by atoms with Gasteiger partial charge in [0.05, 0.1) is 12.8 Å². The van der Waals surface area contributed by atoms with E-state index in [1.807, 2.05) is 37.3 Å². The average Bonchev–Trinajstić information content (AvgIpc) is 3.18. The summed E-state index contributed by atoms with van der Waals surface area (Å²) in [5, 5.41) is 4.82. The molecule has 1 fully saturated rings. The van der Waals surface area contributed by atoms with Crippen molar-refractivity contribution in [3.63, 3.8) is 0 Å². The lowest BCUT2D eigenvalue weighted by Crippen LogP contribution is -2.39. The van der Waals surface area contributed by atoms with Crippen LogP contribution in [0.3, 0.4) is 0 Å². The highest BCUT2D eigenvalue weighted by Gasteiger charge is 2.17. The summed E-state index contributed by atoms with van der Waals surface area (Å²) in [6.07, 6.45) is 5.45. The van der Waals surface area contributed by atoms with E-state index in [0.29, 0.717) is 11.7 Å². The van der Waals surface area contributed by atoms with Crippen LogP contribution in [0.25, 0.3) is 0 Å². The molecule has 1 unspecified atom stereocenters. The van der Waals surface area contributed by atoms with Gasteiger partial charge in [-0.1, -0.05) is 24.6 Å². The van der Waals surface area contributed by atoms with Crippen LogP contribution in [0.2, 0.25) is 5.02 Å². The van der Waals surface area contributed by atoms with Crippen molar-refractivity contribution >= 4 is 34.6 Å². The standard InChI is InChI=1S/C22H30ClN3OS/c1-17-7-4-11-25(15-17)12-6-13-26(16-19-8-5-14-27-19)22(28)24-21-10-3-9-20(23)18(21)2/h3,5,8-10,14,17H,4,6-7,11-13,15-16H2,1-2H3,(H,24,28). The number of anilines is 1. The van der Waals surface area contributed by atoms with Crippen molar-refractivity contribution in [3.05, 3.63) is 52.9 Å². The lowest BCUT2D eigenvalue weighted by Gasteiger charge is -2.32. The first-order valence-corrected chi connectivity index (χ1v) is 10.9. The van der Waals surface area contributed by atoms with E-state index in [-0.39, 0.29) is 0 Å². The zero-order valence-electron chi connectivity index (χ0n) is 16.8. The fraction of sp³-hybridized carbons (Fsp3) is 0.500. The van der Waals surface area contributed by atoms with E-state index < -0.39 is 0 Å². The second-order valence-electron chi connectivity index (χ2n) is 7.75. The monoisotopic (exact) mass is 419 g/mol. The molecular weight excluding hydrogens is 390 g/mol. The quantitative estimate of drug-likeness (QED) is 0.593. The van der Waals surface area contributed by atoms with E-state index >= 15 is 0 Å². The average molecular weight is 420 g/mol. The van der Waals surface area contributed by atoms with Crippen LogP contribution < -0.4 is 5.32 Å². The van der Waals surface area contributed by atoms with Gasteiger partial charge in [0.25, 0.3) is 0 Å². The third-order valence-corrected chi connectivity index (χ3v) is 6.14. The Morgan fingerprint density at radius 2 is 2.21 bits per heavy atom. The summed E-state index contributed by atoms with van der Waals surface area (Å²) in [5.74, 6) is 1.72. The van der Waals surface area contributed by atoms with Crippen molar-refractivity contribution in [1.29, 1.82) is 0 Å². The van der Waals surface area contributed by atoms with Crippen molar-refractivity contribution in [2.75, 3.05) is 31.5 Å². The first-order chi connectivity index (χ1) is 13.5. The van der Waals surface area contributed by atoms with Crippen LogP contribution in [-0.2, 0) is 6.54 Å². The van der Waals surface area contributed by atoms with Gasteiger partial charge in [-0.3, -0.25) is 0 Å². The highest BCUT2D eigenvalue weighted by molar-refractivity contribution is 7.80. The minimum atomic E-state index is 0.662. The van der Waals surface area contributed by atoms with Crippen LogP contribution in [0.5, 0.6) is 0 Å². The van der Waals surface area contributed by atoms with Crippen LogP contribution in [0.4, 0.5) is 5.69 Å². The first kappa shape index (κ1) is 21.2. The van der Waals surface area contributed by atoms with Crippen LogP contribution >= 0.6 is 23.8 Å². The number of halogens is 1. The summed E-state index contributed by atoms with van der Waals surface area (Å²) in [6, 6.07) is 9.75. The summed E-state index contributed by atoms with van der Waals surface area (Å²) in [5.41, 5.74) is 1.96. The second kappa shape index (κ2) is 10.3. The highest BCUT2D eigenvalue weighted by atomic mass is 35.5. The fourth-order valence-corrected chi connectivity index (χ4v) is 4.20. The Balaban J connectivity index is 1.60. The van der Waals surface area contributed by atoms with Gasteiger partial charge in [-0.2, -0.15) is 0 Å². The number of rotatable bonds is 7. The predicted octanol–water partition coefficient (Wildman–Crippen LogP) is 5.56. The molecule has 28 heavy (non-hydrogen) atoms. The van der Waals surface area contributed by atoms with Gasteiger partial charge >= 0.3 is 0 Å². The molecule has 1 N–H and O–H groups in total. The Kier molecular flexibility index (Phi) is 7.77. The molecule has 3 rings (SSSR count). The molecule has 1 aromatic heterocycles. The number of nitrogens with zero attached hydrogens (tertiary/aromatic N) is 2. The number of nitrogens with one attached hydrogen (secondary N) is 1. The van der Waals surface area contributed by atoms with Crippen molar-refractivity contribution in [2.45, 2.75) is 39.7 Å². The first-order valence-electron chi connectivity index (χ1n) is 10.1. The van der Waals surface area contributed by atoms with Gasteiger partial charge in [-0.25, -0.2) is 0 Å². The molecule has 1 aliphatic heterocycles. The molecule has 0 bridgehead atoms. The molecular formula is C22H30ClN3OS. The summed E-state index contributed by atoms with van der Waals surface area (Å²) < 4.78 is 5.56. The maximum atomic E-state index is 6.26. The zero-order chi connectivity index (χ0) is 19.9. The molecule has 0 amide bonds. The molecule has 1 atom stereocenters. The number of hydrogen-bond donors (Lipinski definition) is 1. The zero-order valence-corrected chi connectivity index (χ0v) is 18.4. The number of thiocarbonyl (C=S) groups is 1. The number of likely N-dealkylation sites (tertiary alicyclic amines) is 1. The molecule has 0 saturated carbocycles. The number of furan rings is 1. The molecule has 4 nitrogen and oxygen atoms in total. The topological polar surface area (TPSA) is 31.6 Å². The van der Waals surface area contributed by atoms with Crippen molar-refractivity contribution in [1.82, 2.24) is 9.80 Å². The highest BCUT2D eigenvalue weighted by Crippen LogP contribution is 2.23. The summed E-state index contributed by atoms with van der Waals surface area (Å²) in [6.45, 7) is 9.43. The predicted molar refractivity (Wildman–Crippen MR) is 121 cm³/mol. The smallest absolute Gasteiger partial charge is 0.173 e. The van der Waals surface area contributed by atoms with E-state index in [4.69, 9.17) is 28.2 Å². The van der Waals surface area contributed by atoms with Crippen LogP contribution in [0.1, 0.15) is 37.5 Å². The Morgan fingerprint density at radius 3 is 2.96 bits per heavy atom. The van der Waals surface area contributed by atoms with Crippen molar-refractivity contribution in [3.8, 4) is 0 Å². The fourth-order valence-electron chi connectivity index (χ4n) is 3.76. The minimum absolute atomic E-state index is 0.662. The molecule has 0 radical (unpaired) electrons. The van der Waals surface area contributed by atoms with Gasteiger partial charge in [-0.05, 0) is 87.2 Å². The van der Waals surface area contributed by atoms with Crippen LogP contribution in [0, 0.1) is 12.8 Å². The van der Waals surface area contributed by atoms with Gasteiger partial charge in [0.1, 0.15) is 5.76 Å². The Bertz CT molecular complexity index is 765. The van der Waals surface area contributed by atoms with Gasteiger partial charge in [0.15, 0.2) is 5.11 Å². The summed E-state index contributed by atoms with van der Waals surface area (Å²) in [7, 11) is 0. The van der Waals surface area contributed by atoms with Gasteiger partial charge < -0.3 is 19.5 Å². The maximum absolute atomic E-state index is 6.26. The molecule has 2 heterocycles. The Hall–Kier alpha value is -1.56. The number of benzene rings is 1. The van der Waals surface area contributed by atoms with Crippen LogP contribution in [-0.4, -0.2) is 41.1 Å². The third-order valence-electron chi connectivity index (χ3n) is 5.37. The van der Waals surface area contributed by atoms with E-state index in [2.05, 4.69) is 22.0 Å². The van der Waals surface area contributed by atoms with Gasteiger partial charge in [-0.15, -0.1) is 0 Å². The lowest BCUT2D eigenvalue weighted by atomic mass is 10.0. The SMILES string of the molecule is Cc1c(Cl)cccc1NC(=S)N(CCCN1CCCC(C)C1)Cc1ccco1. The largest absolute Gasteiger partial charge is 0.467 e. The summed E-state index contributed by atoms with van der Waals surface area (Å²) in [4.78, 5) is 4.76. The van der Waals surface area contributed by atoms with Crippen LogP contribution in [0.15, 0.2) is 41.0 Å². The van der Waals surface area contributed by atoms with E-state index in [0.717, 1.165) is 47.5 Å². The van der Waals surface area contributed by atoms with Crippen molar-refractivity contribution < 1.29 is 4.42 Å². The minimum Gasteiger partial charge on any atom is -0.467 e. The summed E-state index contributed by atoms with van der Waals surface area (Å²) >= 11 is 12.0. The maximum Gasteiger partial charge on any atom is 0.173 e. The number of hydrogen-bond acceptors (Lipinski definition) is 3. The molecule has 1 aromatic carbocycles. The molecule has 1 saturated heterocycles. The lowest BCUT2D eigenvalue weighted by molar-refractivity contribution is 0.177. The van der Waals surface area contributed by atoms with E-state index in [9.17, 15) is 0 Å². The molecule has 152 valence electrons. The molecule has 0 spiro atoms. The Morgan fingerprint density at radius 1 is 1.36 bits per heavy atom. The van der Waals surface area contributed by atoms with Crippen molar-refractivity contribution in [2.24, 2.45) is 5.92 Å². The molecule has 1 aliphatic rings. The molecule has 0 aliphatic carbocycles. The molecule has 6 heteroatoms. The van der Waals surface area contributed by atoms with Gasteiger partial charge in [0.2, 0.25) is 0 Å². The van der Waals surface area contributed by atoms with E-state index in [1.165, 1.54) is 25.9 Å². The second-order valence-corrected chi connectivity index (χ2v) is 8.54. The van der Waals surface area contributed by atoms with Gasteiger partial charge in [0, 0.05) is 23.8 Å². The normalized spacial score (nSPS) is 17.5. The molecule has 2 aromatic rings. The van der Waals surface area contributed by atoms with E-state index in [1.54, 1.807) is 6.26 Å². The third kappa shape index (κ3) is 5.97.